The van der Waals surface area contributed by atoms with Crippen LogP contribution in [0.1, 0.15) is 30.9 Å². The summed E-state index contributed by atoms with van der Waals surface area (Å²) < 4.78 is 11.2. The maximum Gasteiger partial charge on any atom is 0.0720 e. The second-order valence-corrected chi connectivity index (χ2v) is 4.72. The summed E-state index contributed by atoms with van der Waals surface area (Å²) in [5.41, 5.74) is 2.58. The molecular formula is C15H23NO2. The molecule has 1 aromatic carbocycles. The van der Waals surface area contributed by atoms with Gasteiger partial charge >= 0.3 is 0 Å². The lowest BCUT2D eigenvalue weighted by atomic mass is 10.1. The molecule has 3 nitrogen and oxygen atoms in total. The Morgan fingerprint density at radius 2 is 1.83 bits per heavy atom. The van der Waals surface area contributed by atoms with Crippen LogP contribution < -0.4 is 5.32 Å². The van der Waals surface area contributed by atoms with Crippen molar-refractivity contribution in [1.82, 2.24) is 5.32 Å². The van der Waals surface area contributed by atoms with Crippen molar-refractivity contribution in [2.75, 3.05) is 19.8 Å². The highest BCUT2D eigenvalue weighted by Gasteiger charge is 2.13. The molecule has 1 aliphatic rings. The van der Waals surface area contributed by atoms with Crippen LogP contribution in [0.4, 0.5) is 0 Å². The van der Waals surface area contributed by atoms with E-state index in [4.69, 9.17) is 9.47 Å². The molecule has 0 bridgehead atoms. The number of rotatable bonds is 6. The molecule has 1 aliphatic heterocycles. The molecule has 1 saturated heterocycles. The van der Waals surface area contributed by atoms with Crippen molar-refractivity contribution >= 4 is 0 Å². The quantitative estimate of drug-likeness (QED) is 0.840. The van der Waals surface area contributed by atoms with E-state index in [1.807, 2.05) is 0 Å². The first-order chi connectivity index (χ1) is 8.88. The van der Waals surface area contributed by atoms with E-state index in [-0.39, 0.29) is 0 Å². The Morgan fingerprint density at radius 1 is 1.17 bits per heavy atom. The Balaban J connectivity index is 1.75. The van der Waals surface area contributed by atoms with Gasteiger partial charge in [0.1, 0.15) is 0 Å². The van der Waals surface area contributed by atoms with Crippen LogP contribution in [0.3, 0.4) is 0 Å². The summed E-state index contributed by atoms with van der Waals surface area (Å²) in [7, 11) is 0. The molecule has 1 aromatic rings. The van der Waals surface area contributed by atoms with Gasteiger partial charge in [-0.05, 0) is 30.5 Å². The third-order valence-corrected chi connectivity index (χ3v) is 3.26. The molecule has 0 unspecified atom stereocenters. The van der Waals surface area contributed by atoms with Gasteiger partial charge in [0.05, 0.1) is 12.7 Å². The van der Waals surface area contributed by atoms with Gasteiger partial charge in [0.25, 0.3) is 0 Å². The molecule has 0 amide bonds. The van der Waals surface area contributed by atoms with Crippen molar-refractivity contribution in [3.8, 4) is 0 Å². The average Bonchev–Trinajstić information content (AvgIpc) is 2.45. The maximum atomic E-state index is 5.89. The first-order valence-corrected chi connectivity index (χ1v) is 6.86. The third-order valence-electron chi connectivity index (χ3n) is 3.26. The largest absolute Gasteiger partial charge is 0.381 e. The highest BCUT2D eigenvalue weighted by Crippen LogP contribution is 2.13. The van der Waals surface area contributed by atoms with Gasteiger partial charge in [0.2, 0.25) is 0 Å². The van der Waals surface area contributed by atoms with Crippen molar-refractivity contribution in [1.29, 1.82) is 0 Å². The first kappa shape index (κ1) is 13.5. The minimum Gasteiger partial charge on any atom is -0.381 e. The fourth-order valence-electron chi connectivity index (χ4n) is 2.08. The SMILES string of the molecule is CCNCc1ccc(COC2CCOCC2)cc1. The van der Waals surface area contributed by atoms with Crippen molar-refractivity contribution < 1.29 is 9.47 Å². The molecule has 2 rings (SSSR count). The van der Waals surface area contributed by atoms with Crippen molar-refractivity contribution in [2.45, 2.75) is 39.0 Å². The molecule has 1 heterocycles. The molecule has 1 fully saturated rings. The van der Waals surface area contributed by atoms with E-state index in [9.17, 15) is 0 Å². The Kier molecular flexibility index (Phi) is 5.65. The van der Waals surface area contributed by atoms with Gasteiger partial charge in [-0.15, -0.1) is 0 Å². The Morgan fingerprint density at radius 3 is 2.50 bits per heavy atom. The van der Waals surface area contributed by atoms with E-state index in [1.165, 1.54) is 11.1 Å². The zero-order valence-corrected chi connectivity index (χ0v) is 11.2. The predicted octanol–water partition coefficient (Wildman–Crippen LogP) is 2.49. The normalized spacial score (nSPS) is 16.9. The Hall–Kier alpha value is -0.900. The van der Waals surface area contributed by atoms with Crippen LogP contribution in [-0.2, 0) is 22.6 Å². The van der Waals surface area contributed by atoms with E-state index < -0.39 is 0 Å². The molecular weight excluding hydrogens is 226 g/mol. The molecule has 1 N–H and O–H groups in total. The molecule has 0 aliphatic carbocycles. The molecule has 3 heteroatoms. The minimum atomic E-state index is 0.375. The lowest BCUT2D eigenvalue weighted by molar-refractivity contribution is -0.0390. The average molecular weight is 249 g/mol. The van der Waals surface area contributed by atoms with Gasteiger partial charge < -0.3 is 14.8 Å². The molecule has 0 saturated carbocycles. The number of nitrogens with one attached hydrogen (secondary N) is 1. The van der Waals surface area contributed by atoms with Crippen molar-refractivity contribution in [2.24, 2.45) is 0 Å². The summed E-state index contributed by atoms with van der Waals surface area (Å²) in [6.45, 7) is 6.47. The van der Waals surface area contributed by atoms with Gasteiger partial charge in [-0.1, -0.05) is 31.2 Å². The summed E-state index contributed by atoms with van der Waals surface area (Å²) in [5.74, 6) is 0. The van der Waals surface area contributed by atoms with Crippen molar-refractivity contribution in [3.63, 3.8) is 0 Å². The monoisotopic (exact) mass is 249 g/mol. The second-order valence-electron chi connectivity index (χ2n) is 4.72. The molecule has 18 heavy (non-hydrogen) atoms. The van der Waals surface area contributed by atoms with Crippen LogP contribution in [-0.4, -0.2) is 25.9 Å². The molecule has 0 aromatic heterocycles. The van der Waals surface area contributed by atoms with Gasteiger partial charge in [0.15, 0.2) is 0 Å². The summed E-state index contributed by atoms with van der Waals surface area (Å²) >= 11 is 0. The molecule has 0 spiro atoms. The van der Waals surface area contributed by atoms with E-state index in [2.05, 4.69) is 36.5 Å². The topological polar surface area (TPSA) is 30.5 Å². The third kappa shape index (κ3) is 4.41. The van der Waals surface area contributed by atoms with Gasteiger partial charge in [-0.25, -0.2) is 0 Å². The molecule has 0 radical (unpaired) electrons. The Bertz CT molecular complexity index is 331. The number of ether oxygens (including phenoxy) is 2. The highest BCUT2D eigenvalue weighted by atomic mass is 16.5. The smallest absolute Gasteiger partial charge is 0.0720 e. The number of hydrogen-bond donors (Lipinski definition) is 1. The van der Waals surface area contributed by atoms with Crippen LogP contribution in [0.25, 0.3) is 0 Å². The number of benzene rings is 1. The van der Waals surface area contributed by atoms with E-state index in [0.717, 1.165) is 39.1 Å². The minimum absolute atomic E-state index is 0.375. The zero-order valence-electron chi connectivity index (χ0n) is 11.2. The first-order valence-electron chi connectivity index (χ1n) is 6.86. The fourth-order valence-corrected chi connectivity index (χ4v) is 2.08. The molecule has 100 valence electrons. The van der Waals surface area contributed by atoms with E-state index >= 15 is 0 Å². The van der Waals surface area contributed by atoms with Gasteiger partial charge in [0, 0.05) is 19.8 Å². The van der Waals surface area contributed by atoms with Crippen LogP contribution in [0.15, 0.2) is 24.3 Å². The van der Waals surface area contributed by atoms with Gasteiger partial charge in [-0.3, -0.25) is 0 Å². The van der Waals surface area contributed by atoms with E-state index in [1.54, 1.807) is 0 Å². The highest BCUT2D eigenvalue weighted by molar-refractivity contribution is 5.21. The second kappa shape index (κ2) is 7.52. The zero-order chi connectivity index (χ0) is 12.6. The van der Waals surface area contributed by atoms with E-state index in [0.29, 0.717) is 12.7 Å². The van der Waals surface area contributed by atoms with Crippen LogP contribution in [0, 0.1) is 0 Å². The van der Waals surface area contributed by atoms with Crippen LogP contribution in [0.5, 0.6) is 0 Å². The lowest BCUT2D eigenvalue weighted by Gasteiger charge is -2.22. The summed E-state index contributed by atoms with van der Waals surface area (Å²) in [4.78, 5) is 0. The van der Waals surface area contributed by atoms with Crippen molar-refractivity contribution in [3.05, 3.63) is 35.4 Å². The Labute approximate surface area is 109 Å². The summed E-state index contributed by atoms with van der Waals surface area (Å²) in [6.07, 6.45) is 2.43. The van der Waals surface area contributed by atoms with Crippen LogP contribution in [0.2, 0.25) is 0 Å². The maximum absolute atomic E-state index is 5.89. The van der Waals surface area contributed by atoms with Gasteiger partial charge in [-0.2, -0.15) is 0 Å². The molecule has 0 atom stereocenters. The lowest BCUT2D eigenvalue weighted by Crippen LogP contribution is -2.23. The summed E-state index contributed by atoms with van der Waals surface area (Å²) in [6, 6.07) is 8.66. The predicted molar refractivity (Wildman–Crippen MR) is 72.5 cm³/mol. The fraction of sp³-hybridized carbons (Fsp3) is 0.600. The standard InChI is InChI=1S/C15H23NO2/c1-2-16-11-13-3-5-14(6-4-13)12-18-15-7-9-17-10-8-15/h3-6,15-16H,2,7-12H2,1H3. The van der Waals surface area contributed by atoms with Crippen LogP contribution >= 0.6 is 0 Å². The number of hydrogen-bond acceptors (Lipinski definition) is 3. The summed E-state index contributed by atoms with van der Waals surface area (Å²) in [5, 5.41) is 3.32.